The summed E-state index contributed by atoms with van der Waals surface area (Å²) in [5, 5.41) is 2.97. The van der Waals surface area contributed by atoms with Gasteiger partial charge in [0, 0.05) is 25.6 Å². The van der Waals surface area contributed by atoms with Crippen LogP contribution in [0, 0.1) is 0 Å². The highest BCUT2D eigenvalue weighted by molar-refractivity contribution is 5.91. The second-order valence-corrected chi connectivity index (χ2v) is 7.37. The van der Waals surface area contributed by atoms with Gasteiger partial charge in [-0.15, -0.1) is 0 Å². The first kappa shape index (κ1) is 20.8. The molecule has 29 heavy (non-hydrogen) atoms. The predicted molar refractivity (Wildman–Crippen MR) is 121 cm³/mol. The number of benzene rings is 2. The van der Waals surface area contributed by atoms with Crippen molar-refractivity contribution in [2.45, 2.75) is 52.0 Å². The molecule has 0 aliphatic heterocycles. The molecule has 152 valence electrons. The van der Waals surface area contributed by atoms with Crippen molar-refractivity contribution >= 4 is 23.0 Å². The molecule has 0 aliphatic rings. The van der Waals surface area contributed by atoms with Crippen LogP contribution in [-0.2, 0) is 17.8 Å². The third kappa shape index (κ3) is 6.31. The number of aryl methyl sites for hydroxylation is 2. The summed E-state index contributed by atoms with van der Waals surface area (Å²) in [6.07, 6.45) is 10.1. The molecule has 0 unspecified atom stereocenters. The number of amides is 1. The number of unbranched alkanes of at least 4 members (excludes halogenated alkanes) is 3. The molecule has 3 rings (SSSR count). The van der Waals surface area contributed by atoms with Gasteiger partial charge in [-0.25, -0.2) is 4.98 Å². The first-order chi connectivity index (χ1) is 14.3. The second-order valence-electron chi connectivity index (χ2n) is 7.37. The van der Waals surface area contributed by atoms with Gasteiger partial charge in [-0.1, -0.05) is 68.7 Å². The maximum absolute atomic E-state index is 12.0. The first-order valence-electron chi connectivity index (χ1n) is 10.7. The molecule has 3 aromatic rings. The Balaban J connectivity index is 1.52. The van der Waals surface area contributed by atoms with Gasteiger partial charge in [0.05, 0.1) is 11.0 Å². The molecular formula is C25H31N3O. The van der Waals surface area contributed by atoms with Crippen LogP contribution in [0.5, 0.6) is 0 Å². The zero-order chi connectivity index (χ0) is 20.3. The van der Waals surface area contributed by atoms with Gasteiger partial charge in [0.15, 0.2) is 0 Å². The number of nitrogens with zero attached hydrogens (tertiary/aromatic N) is 2. The zero-order valence-corrected chi connectivity index (χ0v) is 17.3. The van der Waals surface area contributed by atoms with E-state index in [4.69, 9.17) is 4.98 Å². The number of para-hydroxylation sites is 2. The summed E-state index contributed by atoms with van der Waals surface area (Å²) >= 11 is 0. The van der Waals surface area contributed by atoms with Crippen LogP contribution < -0.4 is 5.32 Å². The number of hydrogen-bond acceptors (Lipinski definition) is 2. The van der Waals surface area contributed by atoms with Gasteiger partial charge < -0.3 is 9.88 Å². The molecule has 1 aromatic heterocycles. The largest absolute Gasteiger partial charge is 0.353 e. The van der Waals surface area contributed by atoms with E-state index in [1.807, 2.05) is 42.5 Å². The number of fused-ring (bicyclic) bond motifs is 1. The number of aromatic nitrogens is 2. The molecular weight excluding hydrogens is 358 g/mol. The molecule has 4 heteroatoms. The van der Waals surface area contributed by atoms with E-state index in [1.54, 1.807) is 6.08 Å². The Morgan fingerprint density at radius 2 is 1.79 bits per heavy atom. The fraction of sp³-hybridized carbons (Fsp3) is 0.360. The third-order valence-corrected chi connectivity index (χ3v) is 5.07. The van der Waals surface area contributed by atoms with Gasteiger partial charge >= 0.3 is 0 Å². The van der Waals surface area contributed by atoms with Crippen LogP contribution >= 0.6 is 0 Å². The summed E-state index contributed by atoms with van der Waals surface area (Å²) in [7, 11) is 0. The summed E-state index contributed by atoms with van der Waals surface area (Å²) < 4.78 is 2.36. The number of carbonyl (C=O) groups excluding carboxylic acids is 1. The lowest BCUT2D eigenvalue weighted by molar-refractivity contribution is -0.116. The van der Waals surface area contributed by atoms with E-state index in [0.717, 1.165) is 36.3 Å². The van der Waals surface area contributed by atoms with E-state index < -0.39 is 0 Å². The Morgan fingerprint density at radius 1 is 1.00 bits per heavy atom. The standard InChI is InChI=1S/C25H31N3O/c1-2-3-4-10-20-28-23-15-9-8-14-22(23)27-24(28)16-11-19-26-25(29)18-17-21-12-6-5-7-13-21/h5-9,12-15,17-18H,2-4,10-11,16,19-20H2,1H3,(H,26,29)/b18-17+. The Bertz CT molecular complexity index is 928. The summed E-state index contributed by atoms with van der Waals surface area (Å²) in [5.74, 6) is 1.07. The van der Waals surface area contributed by atoms with Crippen molar-refractivity contribution in [3.05, 3.63) is 72.1 Å². The Morgan fingerprint density at radius 3 is 2.62 bits per heavy atom. The Labute approximate surface area is 173 Å². The minimum Gasteiger partial charge on any atom is -0.353 e. The maximum Gasteiger partial charge on any atom is 0.243 e. The number of imidazole rings is 1. The van der Waals surface area contributed by atoms with Crippen LogP contribution in [0.15, 0.2) is 60.7 Å². The maximum atomic E-state index is 12.0. The average molecular weight is 390 g/mol. The van der Waals surface area contributed by atoms with Gasteiger partial charge in [0.2, 0.25) is 5.91 Å². The van der Waals surface area contributed by atoms with Crippen LogP contribution in [0.4, 0.5) is 0 Å². The van der Waals surface area contributed by atoms with Crippen molar-refractivity contribution in [3.63, 3.8) is 0 Å². The molecule has 2 aromatic carbocycles. The molecule has 0 spiro atoms. The van der Waals surface area contributed by atoms with E-state index in [0.29, 0.717) is 6.54 Å². The first-order valence-corrected chi connectivity index (χ1v) is 10.7. The smallest absolute Gasteiger partial charge is 0.243 e. The van der Waals surface area contributed by atoms with Crippen molar-refractivity contribution in [2.75, 3.05) is 6.54 Å². The second kappa shape index (κ2) is 11.2. The van der Waals surface area contributed by atoms with Crippen molar-refractivity contribution in [1.29, 1.82) is 0 Å². The topological polar surface area (TPSA) is 46.9 Å². The van der Waals surface area contributed by atoms with Gasteiger partial charge in [0.1, 0.15) is 5.82 Å². The van der Waals surface area contributed by atoms with Crippen molar-refractivity contribution in [2.24, 2.45) is 0 Å². The van der Waals surface area contributed by atoms with E-state index in [-0.39, 0.29) is 5.91 Å². The Kier molecular flexibility index (Phi) is 8.05. The van der Waals surface area contributed by atoms with Crippen molar-refractivity contribution < 1.29 is 4.79 Å². The lowest BCUT2D eigenvalue weighted by atomic mass is 10.2. The monoisotopic (exact) mass is 389 g/mol. The molecule has 0 fully saturated rings. The quantitative estimate of drug-likeness (QED) is 0.353. The number of nitrogens with one attached hydrogen (secondary N) is 1. The highest BCUT2D eigenvalue weighted by Crippen LogP contribution is 2.18. The number of rotatable bonds is 11. The normalized spacial score (nSPS) is 11.3. The fourth-order valence-electron chi connectivity index (χ4n) is 3.52. The van der Waals surface area contributed by atoms with E-state index in [2.05, 4.69) is 35.0 Å². The summed E-state index contributed by atoms with van der Waals surface area (Å²) in [6.45, 7) is 3.90. The number of carbonyl (C=O) groups is 1. The van der Waals surface area contributed by atoms with Gasteiger partial charge in [-0.2, -0.15) is 0 Å². The lowest BCUT2D eigenvalue weighted by Crippen LogP contribution is -2.22. The number of hydrogen-bond donors (Lipinski definition) is 1. The fourth-order valence-corrected chi connectivity index (χ4v) is 3.52. The SMILES string of the molecule is CCCCCCn1c(CCCNC(=O)/C=C/c2ccccc2)nc2ccccc21. The summed E-state index contributed by atoms with van der Waals surface area (Å²) in [6, 6.07) is 18.2. The Hall–Kier alpha value is -2.88. The lowest BCUT2D eigenvalue weighted by Gasteiger charge is -2.09. The average Bonchev–Trinajstić information content (AvgIpc) is 3.11. The minimum atomic E-state index is -0.0538. The van der Waals surface area contributed by atoms with Crippen molar-refractivity contribution in [1.82, 2.24) is 14.9 Å². The summed E-state index contributed by atoms with van der Waals surface area (Å²) in [5.41, 5.74) is 3.31. The van der Waals surface area contributed by atoms with Gasteiger partial charge in [0.25, 0.3) is 0 Å². The van der Waals surface area contributed by atoms with Crippen molar-refractivity contribution in [3.8, 4) is 0 Å². The molecule has 1 heterocycles. The highest BCUT2D eigenvalue weighted by atomic mass is 16.1. The van der Waals surface area contributed by atoms with E-state index in [1.165, 1.54) is 31.2 Å². The van der Waals surface area contributed by atoms with Crippen LogP contribution in [0.25, 0.3) is 17.1 Å². The molecule has 0 saturated heterocycles. The minimum absolute atomic E-state index is 0.0538. The molecule has 0 atom stereocenters. The molecule has 0 saturated carbocycles. The van der Waals surface area contributed by atoms with Crippen LogP contribution in [0.1, 0.15) is 50.4 Å². The van der Waals surface area contributed by atoms with Crippen LogP contribution in [0.2, 0.25) is 0 Å². The third-order valence-electron chi connectivity index (χ3n) is 5.07. The molecule has 1 amide bonds. The van der Waals surface area contributed by atoms with Gasteiger partial charge in [-0.3, -0.25) is 4.79 Å². The molecule has 0 bridgehead atoms. The summed E-state index contributed by atoms with van der Waals surface area (Å²) in [4.78, 5) is 16.9. The zero-order valence-electron chi connectivity index (χ0n) is 17.3. The van der Waals surface area contributed by atoms with E-state index >= 15 is 0 Å². The van der Waals surface area contributed by atoms with Gasteiger partial charge in [-0.05, 0) is 36.6 Å². The van der Waals surface area contributed by atoms with Crippen LogP contribution in [0.3, 0.4) is 0 Å². The van der Waals surface area contributed by atoms with E-state index in [9.17, 15) is 4.79 Å². The predicted octanol–water partition coefficient (Wildman–Crippen LogP) is 5.38. The molecule has 1 N–H and O–H groups in total. The van der Waals surface area contributed by atoms with Crippen LogP contribution in [-0.4, -0.2) is 22.0 Å². The molecule has 0 aliphatic carbocycles. The molecule has 0 radical (unpaired) electrons. The molecule has 4 nitrogen and oxygen atoms in total. The highest BCUT2D eigenvalue weighted by Gasteiger charge is 2.10.